The Morgan fingerprint density at radius 2 is 1.44 bits per heavy atom. The summed E-state index contributed by atoms with van der Waals surface area (Å²) in [6, 6.07) is 0. The van der Waals surface area contributed by atoms with Gasteiger partial charge in [0.15, 0.2) is 0 Å². The molecule has 4 saturated carbocycles. The van der Waals surface area contributed by atoms with E-state index in [2.05, 4.69) is 61.5 Å². The molecule has 0 bridgehead atoms. The van der Waals surface area contributed by atoms with Crippen molar-refractivity contribution in [1.82, 2.24) is 0 Å². The van der Waals surface area contributed by atoms with E-state index in [0.29, 0.717) is 28.6 Å². The highest BCUT2D eigenvalue weighted by atomic mass is 16.3. The molecule has 0 aromatic rings. The minimum Gasteiger partial charge on any atom is -0.393 e. The molecule has 0 heterocycles. The Hall–Kier alpha value is -0.340. The van der Waals surface area contributed by atoms with Crippen LogP contribution in [0.4, 0.5) is 0 Å². The molecular formula is C30H50O2. The van der Waals surface area contributed by atoms with Crippen LogP contribution in [-0.4, -0.2) is 22.4 Å². The van der Waals surface area contributed by atoms with Gasteiger partial charge in [-0.25, -0.2) is 0 Å². The molecular weight excluding hydrogens is 392 g/mol. The summed E-state index contributed by atoms with van der Waals surface area (Å²) in [7, 11) is 0. The van der Waals surface area contributed by atoms with Crippen molar-refractivity contribution in [3.63, 3.8) is 0 Å². The Kier molecular flexibility index (Phi) is 4.87. The molecule has 2 nitrogen and oxygen atoms in total. The van der Waals surface area contributed by atoms with Gasteiger partial charge in [0.1, 0.15) is 0 Å². The molecule has 0 saturated heterocycles. The summed E-state index contributed by atoms with van der Waals surface area (Å²) in [6.07, 6.45) is 12.7. The highest BCUT2D eigenvalue weighted by Crippen LogP contribution is 2.75. The Morgan fingerprint density at radius 3 is 2.12 bits per heavy atom. The molecule has 9 unspecified atom stereocenters. The number of hydrogen-bond acceptors (Lipinski definition) is 2. The monoisotopic (exact) mass is 442 g/mol. The van der Waals surface area contributed by atoms with E-state index in [1.54, 1.807) is 5.57 Å². The Labute approximate surface area is 197 Å². The molecule has 2 N–H and O–H groups in total. The van der Waals surface area contributed by atoms with Crippen molar-refractivity contribution >= 4 is 0 Å². The summed E-state index contributed by atoms with van der Waals surface area (Å²) in [5, 5.41) is 22.9. The summed E-state index contributed by atoms with van der Waals surface area (Å²) >= 11 is 0. The van der Waals surface area contributed by atoms with Gasteiger partial charge in [-0.2, -0.15) is 0 Å². The van der Waals surface area contributed by atoms with Gasteiger partial charge in [-0.05, 0) is 103 Å². The normalized spacial score (nSPS) is 56.2. The van der Waals surface area contributed by atoms with Gasteiger partial charge in [0.2, 0.25) is 0 Å². The second-order valence-corrected chi connectivity index (χ2v) is 15.3. The highest BCUT2D eigenvalue weighted by molar-refractivity contribution is 5.34. The largest absolute Gasteiger partial charge is 0.393 e. The van der Waals surface area contributed by atoms with Gasteiger partial charge in [0.25, 0.3) is 0 Å². The van der Waals surface area contributed by atoms with E-state index in [1.807, 2.05) is 0 Å². The Morgan fingerprint density at radius 1 is 0.781 bits per heavy atom. The van der Waals surface area contributed by atoms with Crippen molar-refractivity contribution < 1.29 is 10.2 Å². The Bertz CT molecular complexity index is 825. The van der Waals surface area contributed by atoms with E-state index in [0.717, 1.165) is 25.7 Å². The predicted molar refractivity (Wildman–Crippen MR) is 132 cm³/mol. The summed E-state index contributed by atoms with van der Waals surface area (Å²) in [6.45, 7) is 19.6. The average Bonchev–Trinajstić information content (AvgIpc) is 2.70. The maximum Gasteiger partial charge on any atom is 0.0608 e. The molecule has 0 amide bonds. The first-order valence-corrected chi connectivity index (χ1v) is 13.7. The summed E-state index contributed by atoms with van der Waals surface area (Å²) in [4.78, 5) is 0. The van der Waals surface area contributed by atoms with Crippen LogP contribution in [0.5, 0.6) is 0 Å². The number of rotatable bonds is 0. The maximum atomic E-state index is 12.0. The van der Waals surface area contributed by atoms with Gasteiger partial charge in [-0.3, -0.25) is 0 Å². The van der Waals surface area contributed by atoms with Crippen LogP contribution in [0.3, 0.4) is 0 Å². The molecule has 2 heteroatoms. The third-order valence-electron chi connectivity index (χ3n) is 13.1. The lowest BCUT2D eigenvalue weighted by Gasteiger charge is -2.72. The average molecular weight is 443 g/mol. The number of fused-ring (bicyclic) bond motifs is 7. The van der Waals surface area contributed by atoms with Gasteiger partial charge in [-0.15, -0.1) is 0 Å². The first-order valence-electron chi connectivity index (χ1n) is 13.7. The smallest absolute Gasteiger partial charge is 0.0608 e. The number of hydrogen-bond donors (Lipinski definition) is 2. The minimum absolute atomic E-state index is 0.0797. The lowest BCUT2D eigenvalue weighted by atomic mass is 9.33. The molecule has 0 spiro atoms. The number of allylic oxidation sites excluding steroid dienone is 2. The zero-order valence-corrected chi connectivity index (χ0v) is 22.2. The van der Waals surface area contributed by atoms with Crippen LogP contribution in [0.2, 0.25) is 0 Å². The SMILES string of the molecule is CC1(C)CCC2(C)CCC3(C)C(=CCC4C5(C)CCC(O)C(C)(C)C5CC(O)C43C)C2C1. The van der Waals surface area contributed by atoms with E-state index < -0.39 is 0 Å². The fraction of sp³-hybridized carbons (Fsp3) is 0.933. The van der Waals surface area contributed by atoms with Crippen molar-refractivity contribution in [3.8, 4) is 0 Å². The van der Waals surface area contributed by atoms with E-state index in [9.17, 15) is 10.2 Å². The van der Waals surface area contributed by atoms with Crippen molar-refractivity contribution in [2.24, 2.45) is 50.2 Å². The van der Waals surface area contributed by atoms with Crippen LogP contribution in [0.15, 0.2) is 11.6 Å². The van der Waals surface area contributed by atoms with Gasteiger partial charge >= 0.3 is 0 Å². The van der Waals surface area contributed by atoms with Crippen molar-refractivity contribution in [1.29, 1.82) is 0 Å². The molecule has 0 aromatic heterocycles. The van der Waals surface area contributed by atoms with E-state index >= 15 is 0 Å². The van der Waals surface area contributed by atoms with Crippen LogP contribution in [0, 0.1) is 50.2 Å². The van der Waals surface area contributed by atoms with E-state index in [1.165, 1.54) is 32.1 Å². The summed E-state index contributed by atoms with van der Waals surface area (Å²) in [5.74, 6) is 1.54. The molecule has 0 aliphatic heterocycles. The van der Waals surface area contributed by atoms with Crippen LogP contribution < -0.4 is 0 Å². The first kappa shape index (κ1) is 23.4. The van der Waals surface area contributed by atoms with Gasteiger partial charge in [0.05, 0.1) is 12.2 Å². The van der Waals surface area contributed by atoms with Crippen LogP contribution in [-0.2, 0) is 0 Å². The van der Waals surface area contributed by atoms with Gasteiger partial charge in [0, 0.05) is 5.41 Å². The zero-order valence-electron chi connectivity index (χ0n) is 22.2. The fourth-order valence-corrected chi connectivity index (χ4v) is 10.5. The lowest BCUT2D eigenvalue weighted by molar-refractivity contribution is -0.244. The van der Waals surface area contributed by atoms with Gasteiger partial charge in [-0.1, -0.05) is 67.0 Å². The van der Waals surface area contributed by atoms with E-state index in [4.69, 9.17) is 0 Å². The van der Waals surface area contributed by atoms with Crippen molar-refractivity contribution in [2.75, 3.05) is 0 Å². The summed E-state index contributed by atoms with van der Waals surface area (Å²) in [5.41, 5.74) is 2.64. The van der Waals surface area contributed by atoms with Gasteiger partial charge < -0.3 is 10.2 Å². The maximum absolute atomic E-state index is 12.0. The molecule has 5 aliphatic carbocycles. The summed E-state index contributed by atoms with van der Waals surface area (Å²) < 4.78 is 0. The molecule has 5 rings (SSSR count). The van der Waals surface area contributed by atoms with Crippen LogP contribution in [0.1, 0.15) is 113 Å². The molecule has 0 aromatic carbocycles. The standard InChI is InChI=1S/C30H50O2/c1-25(2)13-14-27(5)15-16-29(7)19(20(27)18-25)9-10-21-28(6)12-11-23(31)26(3,4)22(28)17-24(32)30(21,29)8/h9,20-24,31-32H,10-18H2,1-8H3. The fourth-order valence-electron chi connectivity index (χ4n) is 10.5. The molecule has 32 heavy (non-hydrogen) atoms. The zero-order chi connectivity index (χ0) is 23.5. The van der Waals surface area contributed by atoms with Crippen molar-refractivity contribution in [3.05, 3.63) is 11.6 Å². The predicted octanol–water partition coefficient (Wildman–Crippen LogP) is 7.14. The number of aliphatic hydroxyl groups is 2. The van der Waals surface area contributed by atoms with Crippen molar-refractivity contribution in [2.45, 2.75) is 125 Å². The quantitative estimate of drug-likeness (QED) is 0.391. The number of aliphatic hydroxyl groups excluding tert-OH is 2. The highest BCUT2D eigenvalue weighted by Gasteiger charge is 2.70. The molecule has 5 aliphatic rings. The third kappa shape index (κ3) is 2.72. The molecule has 4 fully saturated rings. The lowest BCUT2D eigenvalue weighted by Crippen LogP contribution is -2.68. The topological polar surface area (TPSA) is 40.5 Å². The minimum atomic E-state index is -0.287. The van der Waals surface area contributed by atoms with Crippen LogP contribution >= 0.6 is 0 Å². The van der Waals surface area contributed by atoms with Crippen LogP contribution in [0.25, 0.3) is 0 Å². The molecule has 182 valence electrons. The second kappa shape index (κ2) is 6.66. The molecule has 0 radical (unpaired) electrons. The second-order valence-electron chi connectivity index (χ2n) is 15.3. The Balaban J connectivity index is 1.61. The molecule has 9 atom stereocenters. The van der Waals surface area contributed by atoms with E-state index in [-0.39, 0.29) is 33.9 Å². The third-order valence-corrected chi connectivity index (χ3v) is 13.1. The first-order chi connectivity index (χ1) is 14.6.